The van der Waals surface area contributed by atoms with Gasteiger partial charge in [-0.1, -0.05) is 6.92 Å². The molecule has 1 aliphatic rings. The highest BCUT2D eigenvalue weighted by Gasteiger charge is 2.22. The zero-order valence-corrected chi connectivity index (χ0v) is 10.8. The maximum Gasteiger partial charge on any atom is 0.164 e. The number of hydrogen-bond acceptors (Lipinski definition) is 2. The number of nitrogens with zero attached hydrogens (tertiary/aromatic N) is 1. The zero-order valence-electron chi connectivity index (χ0n) is 10.0. The summed E-state index contributed by atoms with van der Waals surface area (Å²) in [6, 6.07) is 2.56. The molecule has 0 aromatic carbocycles. The van der Waals surface area contributed by atoms with Gasteiger partial charge in [0.2, 0.25) is 0 Å². The molecule has 1 aromatic rings. The SMILES string of the molecule is CCC(CSC)n1ccc2c1CCCC2=O. The van der Waals surface area contributed by atoms with Gasteiger partial charge in [-0.05, 0) is 31.6 Å². The molecule has 0 aliphatic heterocycles. The Morgan fingerprint density at radius 1 is 1.50 bits per heavy atom. The predicted molar refractivity (Wildman–Crippen MR) is 69.4 cm³/mol. The minimum Gasteiger partial charge on any atom is -0.347 e. The number of carbonyl (C=O) groups is 1. The Labute approximate surface area is 101 Å². The minimum absolute atomic E-state index is 0.332. The average Bonchev–Trinajstić information content (AvgIpc) is 2.71. The molecule has 1 heterocycles. The lowest BCUT2D eigenvalue weighted by Gasteiger charge is -2.22. The number of thioether (sulfide) groups is 1. The van der Waals surface area contributed by atoms with E-state index in [1.807, 2.05) is 17.8 Å². The molecule has 0 radical (unpaired) electrons. The van der Waals surface area contributed by atoms with Gasteiger partial charge < -0.3 is 4.57 Å². The topological polar surface area (TPSA) is 22.0 Å². The van der Waals surface area contributed by atoms with Crippen LogP contribution in [0.4, 0.5) is 0 Å². The van der Waals surface area contributed by atoms with Gasteiger partial charge >= 0.3 is 0 Å². The molecule has 0 amide bonds. The number of ketones is 1. The number of hydrogen-bond donors (Lipinski definition) is 0. The molecule has 1 aliphatic carbocycles. The van der Waals surface area contributed by atoms with Crippen LogP contribution in [0.2, 0.25) is 0 Å². The highest BCUT2D eigenvalue weighted by Crippen LogP contribution is 2.27. The standard InChI is InChI=1S/C13H19NOS/c1-3-10(9-16-2)14-8-7-11-12(14)5-4-6-13(11)15/h7-8,10H,3-6,9H2,1-2H3. The summed E-state index contributed by atoms with van der Waals surface area (Å²) in [5, 5.41) is 0. The summed E-state index contributed by atoms with van der Waals surface area (Å²) in [6.45, 7) is 2.22. The molecule has 2 nitrogen and oxygen atoms in total. The first-order valence-corrected chi connectivity index (χ1v) is 7.39. The van der Waals surface area contributed by atoms with Gasteiger partial charge in [0.15, 0.2) is 5.78 Å². The van der Waals surface area contributed by atoms with Crippen molar-refractivity contribution in [1.29, 1.82) is 0 Å². The van der Waals surface area contributed by atoms with Gasteiger partial charge in [0.1, 0.15) is 0 Å². The van der Waals surface area contributed by atoms with E-state index >= 15 is 0 Å². The quantitative estimate of drug-likeness (QED) is 0.801. The fourth-order valence-corrected chi connectivity index (χ4v) is 3.26. The molecule has 0 fully saturated rings. The van der Waals surface area contributed by atoms with Crippen LogP contribution in [0.3, 0.4) is 0 Å². The highest BCUT2D eigenvalue weighted by atomic mass is 32.2. The van der Waals surface area contributed by atoms with E-state index in [4.69, 9.17) is 0 Å². The van der Waals surface area contributed by atoms with Crippen LogP contribution in [0.25, 0.3) is 0 Å². The highest BCUT2D eigenvalue weighted by molar-refractivity contribution is 7.98. The van der Waals surface area contributed by atoms with E-state index in [0.717, 1.165) is 37.0 Å². The van der Waals surface area contributed by atoms with Crippen molar-refractivity contribution in [3.63, 3.8) is 0 Å². The van der Waals surface area contributed by atoms with Crippen LogP contribution in [0.5, 0.6) is 0 Å². The second kappa shape index (κ2) is 5.09. The number of carbonyl (C=O) groups excluding carboxylic acids is 1. The second-order valence-corrected chi connectivity index (χ2v) is 5.29. The fourth-order valence-electron chi connectivity index (χ4n) is 2.48. The monoisotopic (exact) mass is 237 g/mol. The summed E-state index contributed by atoms with van der Waals surface area (Å²) < 4.78 is 2.34. The van der Waals surface area contributed by atoms with E-state index in [-0.39, 0.29) is 0 Å². The largest absolute Gasteiger partial charge is 0.347 e. The van der Waals surface area contributed by atoms with Gasteiger partial charge in [0.05, 0.1) is 0 Å². The summed E-state index contributed by atoms with van der Waals surface area (Å²) >= 11 is 1.88. The van der Waals surface area contributed by atoms with E-state index in [1.165, 1.54) is 5.69 Å². The third-order valence-corrected chi connectivity index (χ3v) is 4.08. The van der Waals surface area contributed by atoms with Crippen molar-refractivity contribution in [2.45, 2.75) is 38.6 Å². The van der Waals surface area contributed by atoms with E-state index in [1.54, 1.807) is 0 Å². The summed E-state index contributed by atoms with van der Waals surface area (Å²) in [6.07, 6.45) is 8.21. The second-order valence-electron chi connectivity index (χ2n) is 4.38. The van der Waals surface area contributed by atoms with E-state index in [0.29, 0.717) is 11.8 Å². The van der Waals surface area contributed by atoms with Gasteiger partial charge in [0, 0.05) is 35.7 Å². The molecule has 0 bridgehead atoms. The molecule has 2 rings (SSSR count). The fraction of sp³-hybridized carbons (Fsp3) is 0.615. The normalized spacial score (nSPS) is 17.2. The Bertz CT molecular complexity index is 383. The summed E-state index contributed by atoms with van der Waals surface area (Å²) in [5.74, 6) is 1.46. The van der Waals surface area contributed by atoms with Crippen LogP contribution in [0.1, 0.15) is 48.3 Å². The predicted octanol–water partition coefficient (Wildman–Crippen LogP) is 3.32. The van der Waals surface area contributed by atoms with Gasteiger partial charge in [-0.2, -0.15) is 11.8 Å². The molecule has 1 unspecified atom stereocenters. The van der Waals surface area contributed by atoms with E-state index < -0.39 is 0 Å². The third kappa shape index (κ3) is 2.05. The van der Waals surface area contributed by atoms with E-state index in [9.17, 15) is 4.79 Å². The van der Waals surface area contributed by atoms with Crippen LogP contribution in [-0.2, 0) is 6.42 Å². The lowest BCUT2D eigenvalue weighted by atomic mass is 9.96. The van der Waals surface area contributed by atoms with Gasteiger partial charge in [-0.15, -0.1) is 0 Å². The van der Waals surface area contributed by atoms with Crippen LogP contribution in [-0.4, -0.2) is 22.4 Å². The molecule has 0 N–H and O–H groups in total. The van der Waals surface area contributed by atoms with Crippen molar-refractivity contribution < 1.29 is 4.79 Å². The molecule has 0 saturated carbocycles. The molecule has 0 saturated heterocycles. The Balaban J connectivity index is 2.31. The van der Waals surface area contributed by atoms with Gasteiger partial charge in [-0.3, -0.25) is 4.79 Å². The van der Waals surface area contributed by atoms with Crippen molar-refractivity contribution >= 4 is 17.5 Å². The molecule has 0 spiro atoms. The number of Topliss-reactive ketones (excluding diaryl/α,β-unsaturated/α-hetero) is 1. The van der Waals surface area contributed by atoms with Crippen LogP contribution < -0.4 is 0 Å². The molecule has 1 aromatic heterocycles. The first-order chi connectivity index (χ1) is 7.77. The Kier molecular flexibility index (Phi) is 3.74. The Hall–Kier alpha value is -0.700. The third-order valence-electron chi connectivity index (χ3n) is 3.37. The molecular formula is C13H19NOS. The summed E-state index contributed by atoms with van der Waals surface area (Å²) in [4.78, 5) is 11.7. The van der Waals surface area contributed by atoms with Crippen LogP contribution in [0, 0.1) is 0 Å². The zero-order chi connectivity index (χ0) is 11.5. The first kappa shape index (κ1) is 11.8. The van der Waals surface area contributed by atoms with Crippen molar-refractivity contribution in [2.75, 3.05) is 12.0 Å². The Morgan fingerprint density at radius 3 is 3.00 bits per heavy atom. The average molecular weight is 237 g/mol. The van der Waals surface area contributed by atoms with Crippen molar-refractivity contribution in [3.8, 4) is 0 Å². The van der Waals surface area contributed by atoms with Gasteiger partial charge in [0.25, 0.3) is 0 Å². The maximum atomic E-state index is 11.7. The lowest BCUT2D eigenvalue weighted by molar-refractivity contribution is 0.0971. The van der Waals surface area contributed by atoms with Crippen molar-refractivity contribution in [1.82, 2.24) is 4.57 Å². The summed E-state index contributed by atoms with van der Waals surface area (Å²) in [5.41, 5.74) is 2.25. The van der Waals surface area contributed by atoms with Crippen LogP contribution >= 0.6 is 11.8 Å². The molecule has 1 atom stereocenters. The smallest absolute Gasteiger partial charge is 0.164 e. The maximum absolute atomic E-state index is 11.7. The van der Waals surface area contributed by atoms with Crippen LogP contribution in [0.15, 0.2) is 12.3 Å². The van der Waals surface area contributed by atoms with Crippen molar-refractivity contribution in [2.24, 2.45) is 0 Å². The molecular weight excluding hydrogens is 218 g/mol. The molecule has 88 valence electrons. The molecule has 16 heavy (non-hydrogen) atoms. The Morgan fingerprint density at radius 2 is 2.31 bits per heavy atom. The van der Waals surface area contributed by atoms with Crippen molar-refractivity contribution in [3.05, 3.63) is 23.5 Å². The van der Waals surface area contributed by atoms with Gasteiger partial charge in [-0.25, -0.2) is 0 Å². The minimum atomic E-state index is 0.332. The van der Waals surface area contributed by atoms with E-state index in [2.05, 4.69) is 23.9 Å². The molecule has 3 heteroatoms. The number of aromatic nitrogens is 1. The summed E-state index contributed by atoms with van der Waals surface area (Å²) in [7, 11) is 0. The lowest BCUT2D eigenvalue weighted by Crippen LogP contribution is -2.17. The first-order valence-electron chi connectivity index (χ1n) is 5.99. The number of fused-ring (bicyclic) bond motifs is 1. The number of rotatable bonds is 4.